The lowest BCUT2D eigenvalue weighted by atomic mass is 9.82. The van der Waals surface area contributed by atoms with Crippen molar-refractivity contribution in [2.45, 2.75) is 25.3 Å². The van der Waals surface area contributed by atoms with E-state index in [1.54, 1.807) is 19.1 Å². The second-order valence-corrected chi connectivity index (χ2v) is 6.61. The standard InChI is InChI=1S/C22H17F3O/c1-21(18-10-6-3-7-11-18)20-17(14-26-21)12-16(13-19(20)22(23,24)25)15-8-4-2-5-9-15/h2-13H,14H2,1H3. The normalized spacial score (nSPS) is 19.4. The van der Waals surface area contributed by atoms with Gasteiger partial charge in [-0.3, -0.25) is 0 Å². The summed E-state index contributed by atoms with van der Waals surface area (Å²) in [7, 11) is 0. The smallest absolute Gasteiger partial charge is 0.361 e. The van der Waals surface area contributed by atoms with Crippen molar-refractivity contribution in [1.82, 2.24) is 0 Å². The summed E-state index contributed by atoms with van der Waals surface area (Å²) in [6.45, 7) is 1.87. The monoisotopic (exact) mass is 354 g/mol. The molecule has 0 amide bonds. The largest absolute Gasteiger partial charge is 0.416 e. The van der Waals surface area contributed by atoms with Crippen LogP contribution in [0.1, 0.15) is 29.2 Å². The van der Waals surface area contributed by atoms with E-state index < -0.39 is 17.3 Å². The third-order valence-electron chi connectivity index (χ3n) is 4.95. The highest BCUT2D eigenvalue weighted by atomic mass is 19.4. The molecule has 4 heteroatoms. The van der Waals surface area contributed by atoms with Gasteiger partial charge >= 0.3 is 6.18 Å². The number of rotatable bonds is 2. The van der Waals surface area contributed by atoms with Gasteiger partial charge in [0, 0.05) is 5.56 Å². The highest BCUT2D eigenvalue weighted by Crippen LogP contribution is 2.49. The molecule has 0 saturated heterocycles. The number of fused-ring (bicyclic) bond motifs is 1. The molecule has 0 aliphatic carbocycles. The Kier molecular flexibility index (Phi) is 3.88. The lowest BCUT2D eigenvalue weighted by molar-refractivity contribution is -0.139. The maximum Gasteiger partial charge on any atom is 0.416 e. The van der Waals surface area contributed by atoms with Crippen LogP contribution in [0, 0.1) is 0 Å². The van der Waals surface area contributed by atoms with E-state index in [1.165, 1.54) is 6.07 Å². The van der Waals surface area contributed by atoms with Crippen molar-refractivity contribution in [2.24, 2.45) is 0 Å². The Morgan fingerprint density at radius 3 is 2.08 bits per heavy atom. The van der Waals surface area contributed by atoms with Gasteiger partial charge in [-0.15, -0.1) is 0 Å². The van der Waals surface area contributed by atoms with E-state index in [4.69, 9.17) is 4.74 Å². The first-order valence-corrected chi connectivity index (χ1v) is 8.39. The van der Waals surface area contributed by atoms with Gasteiger partial charge in [-0.1, -0.05) is 60.7 Å². The van der Waals surface area contributed by atoms with E-state index >= 15 is 0 Å². The van der Waals surface area contributed by atoms with Gasteiger partial charge in [0.2, 0.25) is 0 Å². The minimum atomic E-state index is -4.46. The Labute approximate surface area is 150 Å². The van der Waals surface area contributed by atoms with Crippen LogP contribution in [-0.2, 0) is 23.1 Å². The molecule has 0 aromatic heterocycles. The summed E-state index contributed by atoms with van der Waals surface area (Å²) in [5.41, 5.74) is 1.10. The molecule has 3 aromatic rings. The van der Waals surface area contributed by atoms with Crippen LogP contribution < -0.4 is 0 Å². The minimum absolute atomic E-state index is 0.157. The molecule has 1 atom stereocenters. The third-order valence-corrected chi connectivity index (χ3v) is 4.95. The molecule has 26 heavy (non-hydrogen) atoms. The number of hydrogen-bond acceptors (Lipinski definition) is 1. The van der Waals surface area contributed by atoms with Gasteiger partial charge in [0.05, 0.1) is 12.2 Å². The van der Waals surface area contributed by atoms with Crippen LogP contribution in [0.15, 0.2) is 72.8 Å². The number of hydrogen-bond donors (Lipinski definition) is 0. The molecule has 1 aliphatic rings. The topological polar surface area (TPSA) is 9.23 Å². The van der Waals surface area contributed by atoms with Crippen LogP contribution in [0.5, 0.6) is 0 Å². The molecular formula is C22H17F3O. The van der Waals surface area contributed by atoms with Crippen LogP contribution in [0.4, 0.5) is 13.2 Å². The fraction of sp³-hybridized carbons (Fsp3) is 0.182. The molecule has 1 heterocycles. The summed E-state index contributed by atoms with van der Waals surface area (Å²) in [5.74, 6) is 0. The molecule has 1 aliphatic heterocycles. The lowest BCUT2D eigenvalue weighted by Crippen LogP contribution is -2.26. The summed E-state index contributed by atoms with van der Waals surface area (Å²) in [6.07, 6.45) is -4.46. The first kappa shape index (κ1) is 16.9. The summed E-state index contributed by atoms with van der Waals surface area (Å²) in [5, 5.41) is 0. The molecule has 1 nitrogen and oxygen atoms in total. The number of alkyl halides is 3. The van der Waals surface area contributed by atoms with E-state index in [0.29, 0.717) is 11.1 Å². The van der Waals surface area contributed by atoms with Crippen LogP contribution in [0.25, 0.3) is 11.1 Å². The average molecular weight is 354 g/mol. The van der Waals surface area contributed by atoms with Crippen LogP contribution in [-0.4, -0.2) is 0 Å². The van der Waals surface area contributed by atoms with Gasteiger partial charge in [0.25, 0.3) is 0 Å². The van der Waals surface area contributed by atoms with Gasteiger partial charge in [-0.05, 0) is 41.3 Å². The molecule has 0 saturated carbocycles. The van der Waals surface area contributed by atoms with E-state index in [1.807, 2.05) is 54.6 Å². The van der Waals surface area contributed by atoms with Crippen molar-refractivity contribution in [3.05, 3.63) is 95.1 Å². The van der Waals surface area contributed by atoms with Gasteiger partial charge in [0.1, 0.15) is 5.60 Å². The third kappa shape index (κ3) is 2.71. The van der Waals surface area contributed by atoms with Crippen LogP contribution in [0.2, 0.25) is 0 Å². The zero-order valence-corrected chi connectivity index (χ0v) is 14.2. The number of benzene rings is 3. The molecule has 3 aromatic carbocycles. The van der Waals surface area contributed by atoms with Crippen molar-refractivity contribution in [2.75, 3.05) is 0 Å². The van der Waals surface area contributed by atoms with Crippen molar-refractivity contribution in [3.8, 4) is 11.1 Å². The fourth-order valence-electron chi connectivity index (χ4n) is 3.68. The van der Waals surface area contributed by atoms with E-state index in [0.717, 1.165) is 11.1 Å². The molecule has 0 spiro atoms. The van der Waals surface area contributed by atoms with Crippen molar-refractivity contribution in [3.63, 3.8) is 0 Å². The predicted molar refractivity (Wildman–Crippen MR) is 94.6 cm³/mol. The number of halogens is 3. The molecular weight excluding hydrogens is 337 g/mol. The first-order chi connectivity index (χ1) is 12.4. The summed E-state index contributed by atoms with van der Waals surface area (Å²) >= 11 is 0. The van der Waals surface area contributed by atoms with Gasteiger partial charge in [0.15, 0.2) is 0 Å². The highest BCUT2D eigenvalue weighted by Gasteiger charge is 2.46. The Hall–Kier alpha value is -2.59. The minimum Gasteiger partial charge on any atom is -0.361 e. The summed E-state index contributed by atoms with van der Waals surface area (Å²) < 4.78 is 47.8. The second-order valence-electron chi connectivity index (χ2n) is 6.61. The molecule has 132 valence electrons. The lowest BCUT2D eigenvalue weighted by Gasteiger charge is -2.28. The molecule has 1 unspecified atom stereocenters. The zero-order valence-electron chi connectivity index (χ0n) is 14.2. The molecule has 0 bridgehead atoms. The van der Waals surface area contributed by atoms with E-state index in [2.05, 4.69) is 0 Å². The maximum absolute atomic E-state index is 13.9. The SMILES string of the molecule is CC1(c2ccccc2)OCc2cc(-c3ccccc3)cc(C(F)(F)F)c21. The predicted octanol–water partition coefficient (Wildman–Crippen LogP) is 6.17. The van der Waals surface area contributed by atoms with Crippen molar-refractivity contribution >= 4 is 0 Å². The van der Waals surface area contributed by atoms with E-state index in [-0.39, 0.29) is 12.2 Å². The maximum atomic E-state index is 13.9. The van der Waals surface area contributed by atoms with Gasteiger partial charge in [-0.25, -0.2) is 0 Å². The Bertz CT molecular complexity index is 933. The Balaban J connectivity index is 1.96. The highest BCUT2D eigenvalue weighted by molar-refractivity contribution is 5.68. The quantitative estimate of drug-likeness (QED) is 0.535. The second kappa shape index (κ2) is 5.99. The molecule has 4 rings (SSSR count). The van der Waals surface area contributed by atoms with Crippen LogP contribution in [0.3, 0.4) is 0 Å². The Morgan fingerprint density at radius 1 is 0.846 bits per heavy atom. The first-order valence-electron chi connectivity index (χ1n) is 8.39. The van der Waals surface area contributed by atoms with Gasteiger partial charge < -0.3 is 4.74 Å². The van der Waals surface area contributed by atoms with Gasteiger partial charge in [-0.2, -0.15) is 13.2 Å². The molecule has 0 fully saturated rings. The van der Waals surface area contributed by atoms with E-state index in [9.17, 15) is 13.2 Å². The number of ether oxygens (including phenoxy) is 1. The summed E-state index contributed by atoms with van der Waals surface area (Å²) in [6, 6.07) is 21.2. The fourth-order valence-corrected chi connectivity index (χ4v) is 3.68. The zero-order chi connectivity index (χ0) is 18.4. The average Bonchev–Trinajstić information content (AvgIpc) is 3.00. The molecule has 0 radical (unpaired) electrons. The summed E-state index contributed by atoms with van der Waals surface area (Å²) in [4.78, 5) is 0. The van der Waals surface area contributed by atoms with Crippen molar-refractivity contribution in [1.29, 1.82) is 0 Å². The van der Waals surface area contributed by atoms with Crippen molar-refractivity contribution < 1.29 is 17.9 Å². The Morgan fingerprint density at radius 2 is 1.46 bits per heavy atom. The molecule has 0 N–H and O–H groups in total. The van der Waals surface area contributed by atoms with Crippen LogP contribution >= 0.6 is 0 Å².